The summed E-state index contributed by atoms with van der Waals surface area (Å²) in [5.41, 5.74) is 9.16. The van der Waals surface area contributed by atoms with Gasteiger partial charge in [0, 0.05) is 73.2 Å². The highest BCUT2D eigenvalue weighted by molar-refractivity contribution is 6.18. The summed E-state index contributed by atoms with van der Waals surface area (Å²) in [5, 5.41) is 9.45. The molecule has 0 bridgehead atoms. The van der Waals surface area contributed by atoms with E-state index >= 15 is 0 Å². The zero-order valence-corrected chi connectivity index (χ0v) is 28.7. The van der Waals surface area contributed by atoms with Crippen LogP contribution in [-0.4, -0.2) is 24.9 Å². The molecule has 7 nitrogen and oxygen atoms in total. The number of fused-ring (bicyclic) bond motifs is 13. The SMILES string of the molecule is C1=Cc2ccc3c(oc4cccc(-c5nc(-c6ccnc7c6ccc6c8ccccc8ccc67)nc(-c6cccc7oc8ccncc8c67)n5)c43)c2CC1. The van der Waals surface area contributed by atoms with Crippen molar-refractivity contribution < 1.29 is 8.83 Å². The van der Waals surface area contributed by atoms with E-state index in [0.29, 0.717) is 17.5 Å². The van der Waals surface area contributed by atoms with Gasteiger partial charge in [-0.1, -0.05) is 91.0 Å². The van der Waals surface area contributed by atoms with Crippen LogP contribution in [0.15, 0.2) is 143 Å². The Bertz CT molecular complexity index is 3410. The lowest BCUT2D eigenvalue weighted by molar-refractivity contribution is 0.661. The van der Waals surface area contributed by atoms with Crippen LogP contribution in [-0.2, 0) is 6.42 Å². The molecule has 0 amide bonds. The summed E-state index contributed by atoms with van der Waals surface area (Å²) in [6.07, 6.45) is 11.8. The van der Waals surface area contributed by atoms with Crippen molar-refractivity contribution in [2.75, 3.05) is 0 Å². The smallest absolute Gasteiger partial charge is 0.164 e. The molecule has 11 aromatic rings. The maximum atomic E-state index is 6.63. The van der Waals surface area contributed by atoms with Crippen molar-refractivity contribution in [2.24, 2.45) is 0 Å². The maximum Gasteiger partial charge on any atom is 0.164 e. The Morgan fingerprint density at radius 2 is 1.24 bits per heavy atom. The first-order valence-electron chi connectivity index (χ1n) is 18.1. The van der Waals surface area contributed by atoms with Crippen LogP contribution in [0.4, 0.5) is 0 Å². The highest BCUT2D eigenvalue weighted by atomic mass is 16.3. The zero-order chi connectivity index (χ0) is 35.3. The van der Waals surface area contributed by atoms with Crippen molar-refractivity contribution in [3.63, 3.8) is 0 Å². The van der Waals surface area contributed by atoms with Gasteiger partial charge >= 0.3 is 0 Å². The van der Waals surface area contributed by atoms with E-state index < -0.39 is 0 Å². The molecule has 1 aliphatic rings. The molecule has 0 saturated carbocycles. The van der Waals surface area contributed by atoms with Crippen LogP contribution >= 0.6 is 0 Å². The summed E-state index contributed by atoms with van der Waals surface area (Å²) in [5.74, 6) is 1.65. The van der Waals surface area contributed by atoms with E-state index in [1.165, 1.54) is 21.9 Å². The van der Waals surface area contributed by atoms with Gasteiger partial charge in [0.1, 0.15) is 22.3 Å². The molecular weight excluding hydrogens is 667 g/mol. The number of hydrogen-bond donors (Lipinski definition) is 0. The van der Waals surface area contributed by atoms with Crippen LogP contribution in [0.5, 0.6) is 0 Å². The van der Waals surface area contributed by atoms with Crippen molar-refractivity contribution in [1.29, 1.82) is 0 Å². The summed E-state index contributed by atoms with van der Waals surface area (Å²) in [7, 11) is 0. The van der Waals surface area contributed by atoms with E-state index in [-0.39, 0.29) is 0 Å². The van der Waals surface area contributed by atoms with Gasteiger partial charge in [-0.15, -0.1) is 0 Å². The fraction of sp³-hybridized carbons (Fsp3) is 0.0426. The molecule has 0 aliphatic heterocycles. The lowest BCUT2D eigenvalue weighted by atomic mass is 9.94. The summed E-state index contributed by atoms with van der Waals surface area (Å²) < 4.78 is 12.9. The topological polar surface area (TPSA) is 90.7 Å². The lowest BCUT2D eigenvalue weighted by Crippen LogP contribution is -2.01. The van der Waals surface area contributed by atoms with Crippen LogP contribution in [0.25, 0.3) is 117 Å². The third-order valence-electron chi connectivity index (χ3n) is 11.0. The Morgan fingerprint density at radius 3 is 2.11 bits per heavy atom. The van der Waals surface area contributed by atoms with Crippen molar-refractivity contribution in [1.82, 2.24) is 24.9 Å². The second kappa shape index (κ2) is 11.1. The number of nitrogens with zero attached hydrogens (tertiary/aromatic N) is 5. The summed E-state index contributed by atoms with van der Waals surface area (Å²) in [6.45, 7) is 0. The van der Waals surface area contributed by atoms with Crippen molar-refractivity contribution >= 4 is 82.4 Å². The standard InChI is InChI=1S/C47H27N5O2/c1-3-9-28-26(7-1)15-17-31-30(28)19-20-32-33(21-24-49-43(31)32)45-50-46(52-47(51-45)36-12-5-13-39-42(36)37-25-48-23-22-38(37)53-39)35-11-6-14-40-41(35)34-18-16-27-8-2-4-10-29(27)44(34)54-40/h1-3,5-9,11-25H,4,10H2. The molecule has 0 fully saturated rings. The van der Waals surface area contributed by atoms with E-state index in [2.05, 4.69) is 83.9 Å². The first-order valence-corrected chi connectivity index (χ1v) is 18.1. The molecule has 0 spiro atoms. The quantitative estimate of drug-likeness (QED) is 0.170. The van der Waals surface area contributed by atoms with Gasteiger partial charge < -0.3 is 8.83 Å². The first kappa shape index (κ1) is 29.3. The molecule has 54 heavy (non-hydrogen) atoms. The average Bonchev–Trinajstić information content (AvgIpc) is 3.82. The molecule has 12 rings (SSSR count). The Hall–Kier alpha value is -7.25. The van der Waals surface area contributed by atoms with E-state index in [0.717, 1.165) is 95.1 Å². The molecule has 1 aliphatic carbocycles. The maximum absolute atomic E-state index is 6.63. The normalized spacial score (nSPS) is 13.0. The molecule has 0 radical (unpaired) electrons. The minimum Gasteiger partial charge on any atom is -0.456 e. The van der Waals surface area contributed by atoms with E-state index in [9.17, 15) is 0 Å². The van der Waals surface area contributed by atoms with E-state index in [1.54, 1.807) is 6.20 Å². The fourth-order valence-electron chi connectivity index (χ4n) is 8.49. The number of aryl methyl sites for hydroxylation is 1. The molecule has 5 heterocycles. The molecular formula is C47H27N5O2. The summed E-state index contributed by atoms with van der Waals surface area (Å²) in [6, 6.07) is 37.5. The summed E-state index contributed by atoms with van der Waals surface area (Å²) >= 11 is 0. The van der Waals surface area contributed by atoms with Crippen LogP contribution < -0.4 is 0 Å². The minimum absolute atomic E-state index is 0.538. The van der Waals surface area contributed by atoms with Gasteiger partial charge in [-0.25, -0.2) is 15.0 Å². The van der Waals surface area contributed by atoms with E-state index in [1.807, 2.05) is 54.9 Å². The highest BCUT2D eigenvalue weighted by Gasteiger charge is 2.23. The van der Waals surface area contributed by atoms with Gasteiger partial charge in [0.2, 0.25) is 0 Å². The van der Waals surface area contributed by atoms with Gasteiger partial charge in [-0.05, 0) is 64.9 Å². The molecule has 5 aromatic heterocycles. The van der Waals surface area contributed by atoms with Crippen molar-refractivity contribution in [3.05, 3.63) is 145 Å². The number of allylic oxidation sites excluding steroid dienone is 1. The van der Waals surface area contributed by atoms with E-state index in [4.69, 9.17) is 28.8 Å². The molecule has 6 aromatic carbocycles. The molecule has 7 heteroatoms. The molecule has 0 N–H and O–H groups in total. The molecule has 252 valence electrons. The van der Waals surface area contributed by atoms with Crippen LogP contribution in [0.3, 0.4) is 0 Å². The number of furan rings is 2. The Labute approximate surface area is 307 Å². The Balaban J connectivity index is 1.16. The van der Waals surface area contributed by atoms with Crippen molar-refractivity contribution in [2.45, 2.75) is 12.8 Å². The third kappa shape index (κ3) is 4.20. The van der Waals surface area contributed by atoms with Crippen LogP contribution in [0, 0.1) is 0 Å². The van der Waals surface area contributed by atoms with Gasteiger partial charge in [-0.2, -0.15) is 0 Å². The van der Waals surface area contributed by atoms with Gasteiger partial charge in [-0.3, -0.25) is 9.97 Å². The predicted molar refractivity (Wildman–Crippen MR) is 216 cm³/mol. The van der Waals surface area contributed by atoms with Crippen LogP contribution in [0.1, 0.15) is 17.5 Å². The number of rotatable bonds is 3. The van der Waals surface area contributed by atoms with Gasteiger partial charge in [0.25, 0.3) is 0 Å². The molecule has 0 unspecified atom stereocenters. The second-order valence-electron chi connectivity index (χ2n) is 13.9. The van der Waals surface area contributed by atoms with Gasteiger partial charge in [0.15, 0.2) is 17.5 Å². The largest absolute Gasteiger partial charge is 0.456 e. The number of aromatic nitrogens is 5. The minimum atomic E-state index is 0.538. The Kier molecular flexibility index (Phi) is 6.04. The van der Waals surface area contributed by atoms with Crippen LogP contribution in [0.2, 0.25) is 0 Å². The summed E-state index contributed by atoms with van der Waals surface area (Å²) in [4.78, 5) is 25.2. The van der Waals surface area contributed by atoms with Gasteiger partial charge in [0.05, 0.1) is 5.52 Å². The second-order valence-corrected chi connectivity index (χ2v) is 13.9. The van der Waals surface area contributed by atoms with Crippen molar-refractivity contribution in [3.8, 4) is 34.2 Å². The zero-order valence-electron chi connectivity index (χ0n) is 28.7. The third-order valence-corrected chi connectivity index (χ3v) is 11.0. The predicted octanol–water partition coefficient (Wildman–Crippen LogP) is 11.9. The monoisotopic (exact) mass is 693 g/mol. The molecule has 0 atom stereocenters. The number of benzene rings is 6. The lowest BCUT2D eigenvalue weighted by Gasteiger charge is -2.13. The molecule has 0 saturated heterocycles. The average molecular weight is 694 g/mol. The highest BCUT2D eigenvalue weighted by Crippen LogP contribution is 2.42. The number of pyridine rings is 2. The Morgan fingerprint density at radius 1 is 0.500 bits per heavy atom. The number of hydrogen-bond acceptors (Lipinski definition) is 7. The first-order chi connectivity index (χ1) is 26.8. The fourth-order valence-corrected chi connectivity index (χ4v) is 8.49.